The van der Waals surface area contributed by atoms with Crippen LogP contribution in [0.25, 0.3) is 0 Å². The highest BCUT2D eigenvalue weighted by molar-refractivity contribution is 9.10. The van der Waals surface area contributed by atoms with Crippen molar-refractivity contribution in [3.05, 3.63) is 0 Å². The number of halogens is 4. The van der Waals surface area contributed by atoms with Crippen molar-refractivity contribution in [3.63, 3.8) is 0 Å². The van der Waals surface area contributed by atoms with E-state index in [0.29, 0.717) is 12.8 Å². The van der Waals surface area contributed by atoms with Crippen LogP contribution in [0.15, 0.2) is 0 Å². The second-order valence-electron chi connectivity index (χ2n) is 2.12. The van der Waals surface area contributed by atoms with Crippen molar-refractivity contribution in [2.45, 2.75) is 22.5 Å². The Morgan fingerprint density at radius 3 is 1.42 bits per heavy atom. The monoisotopic (exact) mass is 338 g/mol. The van der Waals surface area contributed by atoms with Gasteiger partial charge in [-0.05, 0) is 36.0 Å². The quantitative estimate of drug-likeness (QED) is 0.569. The molecule has 0 aromatic heterocycles. The van der Waals surface area contributed by atoms with E-state index in [1.807, 2.05) is 0 Å². The Bertz CT molecular complexity index is 166. The van der Waals surface area contributed by atoms with Gasteiger partial charge in [0, 0.05) is 0 Å². The van der Waals surface area contributed by atoms with Crippen LogP contribution in [0.3, 0.4) is 0 Å². The molecule has 0 unspecified atom stereocenters. The number of hydrogen-bond acceptors (Lipinski definition) is 2. The average molecular weight is 341 g/mol. The van der Waals surface area contributed by atoms with Crippen LogP contribution in [-0.4, -0.2) is 20.1 Å². The van der Waals surface area contributed by atoms with Crippen LogP contribution in [-0.2, 0) is 9.59 Å². The van der Waals surface area contributed by atoms with Gasteiger partial charge in [-0.25, -0.2) is 0 Å². The Hall–Kier alpha value is 0.880. The lowest BCUT2D eigenvalue weighted by Crippen LogP contribution is -2.13. The highest BCUT2D eigenvalue weighted by Crippen LogP contribution is 2.18. The normalized spacial score (nSPS) is 15.3. The van der Waals surface area contributed by atoms with E-state index in [2.05, 4.69) is 31.9 Å². The number of alkyl halides is 2. The molecule has 0 saturated heterocycles. The third-order valence-corrected chi connectivity index (χ3v) is 3.97. The Morgan fingerprint density at radius 1 is 1.00 bits per heavy atom. The SMILES string of the molecule is O=C(Cl)[C@H](Br)CC[C@H](Br)C(=O)Cl. The third kappa shape index (κ3) is 5.51. The zero-order chi connectivity index (χ0) is 9.72. The fourth-order valence-electron chi connectivity index (χ4n) is 0.520. The summed E-state index contributed by atoms with van der Waals surface area (Å²) in [5, 5.41) is -0.923. The van der Waals surface area contributed by atoms with Gasteiger partial charge in [0.25, 0.3) is 0 Å². The lowest BCUT2D eigenvalue weighted by molar-refractivity contribution is -0.112. The van der Waals surface area contributed by atoms with Gasteiger partial charge in [-0.3, -0.25) is 9.59 Å². The molecule has 70 valence electrons. The van der Waals surface area contributed by atoms with Crippen LogP contribution in [0.2, 0.25) is 0 Å². The smallest absolute Gasteiger partial charge is 0.235 e. The van der Waals surface area contributed by atoms with Crippen LogP contribution in [0, 0.1) is 0 Å². The molecule has 2 atom stereocenters. The van der Waals surface area contributed by atoms with Crippen LogP contribution in [0.5, 0.6) is 0 Å². The molecule has 0 N–H and O–H groups in total. The summed E-state index contributed by atoms with van der Waals surface area (Å²) in [4.78, 5) is 20.2. The molecule has 2 nitrogen and oxygen atoms in total. The molecule has 0 bridgehead atoms. The first-order valence-electron chi connectivity index (χ1n) is 3.12. The second-order valence-corrected chi connectivity index (χ2v) is 5.08. The first kappa shape index (κ1) is 12.9. The summed E-state index contributed by atoms with van der Waals surface area (Å²) >= 11 is 16.5. The Labute approximate surface area is 97.2 Å². The molecule has 0 heterocycles. The van der Waals surface area contributed by atoms with E-state index in [1.54, 1.807) is 0 Å². The molecule has 0 aliphatic rings. The summed E-state index contributed by atoms with van der Waals surface area (Å²) in [7, 11) is 0. The number of carbonyl (C=O) groups is 2. The van der Waals surface area contributed by atoms with Gasteiger partial charge in [0.05, 0.1) is 9.65 Å². The first-order chi connectivity index (χ1) is 5.45. The largest absolute Gasteiger partial charge is 0.280 e. The highest BCUT2D eigenvalue weighted by Gasteiger charge is 2.17. The summed E-state index contributed by atoms with van der Waals surface area (Å²) in [5.74, 6) is 0. The van der Waals surface area contributed by atoms with Crippen molar-refractivity contribution in [2.75, 3.05) is 0 Å². The van der Waals surface area contributed by atoms with Gasteiger partial charge in [-0.1, -0.05) is 31.9 Å². The summed E-state index contributed by atoms with van der Waals surface area (Å²) in [6, 6.07) is 0. The van der Waals surface area contributed by atoms with E-state index in [1.165, 1.54) is 0 Å². The summed E-state index contributed by atoms with van der Waals surface area (Å²) in [6.07, 6.45) is 0.966. The number of carbonyl (C=O) groups excluding carboxylic acids is 2. The van der Waals surface area contributed by atoms with E-state index in [-0.39, 0.29) is 0 Å². The lowest BCUT2D eigenvalue weighted by Gasteiger charge is -2.05. The molecule has 0 rings (SSSR count). The maximum absolute atomic E-state index is 10.5. The fourth-order valence-corrected chi connectivity index (χ4v) is 1.27. The van der Waals surface area contributed by atoms with Gasteiger partial charge >= 0.3 is 0 Å². The van der Waals surface area contributed by atoms with Crippen molar-refractivity contribution in [1.29, 1.82) is 0 Å². The predicted molar refractivity (Wildman–Crippen MR) is 56.4 cm³/mol. The molecule has 0 aromatic rings. The van der Waals surface area contributed by atoms with Gasteiger partial charge in [-0.15, -0.1) is 0 Å². The van der Waals surface area contributed by atoms with Crippen LogP contribution < -0.4 is 0 Å². The number of rotatable bonds is 5. The van der Waals surface area contributed by atoms with E-state index < -0.39 is 20.1 Å². The first-order valence-corrected chi connectivity index (χ1v) is 5.70. The highest BCUT2D eigenvalue weighted by atomic mass is 79.9. The van der Waals surface area contributed by atoms with Gasteiger partial charge in [0.15, 0.2) is 0 Å². The Morgan fingerprint density at radius 2 is 1.25 bits per heavy atom. The van der Waals surface area contributed by atoms with Crippen molar-refractivity contribution in [3.8, 4) is 0 Å². The topological polar surface area (TPSA) is 34.1 Å². The summed E-state index contributed by atoms with van der Waals surface area (Å²) < 4.78 is 0. The van der Waals surface area contributed by atoms with Crippen LogP contribution >= 0.6 is 55.1 Å². The van der Waals surface area contributed by atoms with Gasteiger partial charge < -0.3 is 0 Å². The molecule has 0 spiro atoms. The van der Waals surface area contributed by atoms with Gasteiger partial charge in [0.2, 0.25) is 10.5 Å². The number of hydrogen-bond donors (Lipinski definition) is 0. The average Bonchev–Trinajstić information content (AvgIpc) is 1.98. The maximum atomic E-state index is 10.5. The Balaban J connectivity index is 3.68. The molecule has 0 saturated carbocycles. The van der Waals surface area contributed by atoms with Crippen molar-refractivity contribution in [1.82, 2.24) is 0 Å². The van der Waals surface area contributed by atoms with E-state index in [9.17, 15) is 9.59 Å². The van der Waals surface area contributed by atoms with Crippen molar-refractivity contribution >= 4 is 65.5 Å². The maximum Gasteiger partial charge on any atom is 0.235 e. The molecule has 0 aliphatic heterocycles. The lowest BCUT2D eigenvalue weighted by atomic mass is 10.2. The molecular weight excluding hydrogens is 335 g/mol. The van der Waals surface area contributed by atoms with Gasteiger partial charge in [0.1, 0.15) is 0 Å². The van der Waals surface area contributed by atoms with Crippen LogP contribution in [0.4, 0.5) is 0 Å². The molecule has 0 radical (unpaired) electrons. The summed E-state index contributed by atoms with van der Waals surface area (Å²) in [5.41, 5.74) is 0. The standard InChI is InChI=1S/C6H6Br2Cl2O2/c7-3(5(9)11)1-2-4(8)6(10)12/h3-4H,1-2H2/t3-,4+. The minimum absolute atomic E-state index is 0.407. The van der Waals surface area contributed by atoms with E-state index >= 15 is 0 Å². The van der Waals surface area contributed by atoms with E-state index in [4.69, 9.17) is 23.2 Å². The van der Waals surface area contributed by atoms with Crippen LogP contribution in [0.1, 0.15) is 12.8 Å². The fraction of sp³-hybridized carbons (Fsp3) is 0.667. The third-order valence-electron chi connectivity index (χ3n) is 1.17. The molecule has 0 aromatic carbocycles. The summed E-state index contributed by atoms with van der Waals surface area (Å²) in [6.45, 7) is 0. The zero-order valence-corrected chi connectivity index (χ0v) is 10.6. The second kappa shape index (κ2) is 6.35. The van der Waals surface area contributed by atoms with Crippen molar-refractivity contribution < 1.29 is 9.59 Å². The molecule has 0 fully saturated rings. The molecule has 0 amide bonds. The minimum Gasteiger partial charge on any atom is -0.280 e. The van der Waals surface area contributed by atoms with E-state index in [0.717, 1.165) is 0 Å². The molecule has 0 aliphatic carbocycles. The predicted octanol–water partition coefficient (Wildman–Crippen LogP) is 2.82. The molecule has 6 heteroatoms. The minimum atomic E-state index is -0.461. The van der Waals surface area contributed by atoms with Gasteiger partial charge in [-0.2, -0.15) is 0 Å². The molecule has 12 heavy (non-hydrogen) atoms. The van der Waals surface area contributed by atoms with Crippen molar-refractivity contribution in [2.24, 2.45) is 0 Å². The zero-order valence-electron chi connectivity index (χ0n) is 5.90. The molecular formula is C6H6Br2Cl2O2. The Kier molecular flexibility index (Phi) is 6.82.